The number of ketones is 1. The summed E-state index contributed by atoms with van der Waals surface area (Å²) in [7, 11) is 0. The first kappa shape index (κ1) is 13.7. The van der Waals surface area contributed by atoms with Gasteiger partial charge in [-0.05, 0) is 30.7 Å². The summed E-state index contributed by atoms with van der Waals surface area (Å²) >= 11 is 3.12. The second-order valence-corrected chi connectivity index (χ2v) is 4.98. The van der Waals surface area contributed by atoms with Crippen molar-refractivity contribution >= 4 is 33.4 Å². The van der Waals surface area contributed by atoms with Crippen molar-refractivity contribution in [1.29, 1.82) is 0 Å². The molecule has 0 heterocycles. The van der Waals surface area contributed by atoms with E-state index in [4.69, 9.17) is 10.8 Å². The molecular weight excluding hydrogens is 290 g/mol. The normalized spacial score (nSPS) is 14.1. The van der Waals surface area contributed by atoms with Crippen LogP contribution in [0.4, 0.5) is 5.69 Å². The van der Waals surface area contributed by atoms with Crippen LogP contribution in [0.25, 0.3) is 0 Å². The Kier molecular flexibility index (Phi) is 4.25. The van der Waals surface area contributed by atoms with Gasteiger partial charge in [-0.1, -0.05) is 15.9 Å². The number of carboxylic acids is 1. The number of nitrogen functional groups attached to an aromatic ring is 1. The Morgan fingerprint density at radius 3 is 2.41 bits per heavy atom. The molecule has 4 N–H and O–H groups in total. The number of Topliss-reactive ketones (excluding diaryl/α,β-unsaturated/α-hetero) is 1. The monoisotopic (exact) mass is 301 g/mol. The fourth-order valence-corrected chi connectivity index (χ4v) is 1.61. The molecule has 0 aliphatic heterocycles. The molecule has 1 aromatic rings. The van der Waals surface area contributed by atoms with Gasteiger partial charge < -0.3 is 15.9 Å². The van der Waals surface area contributed by atoms with Gasteiger partial charge in [0.15, 0.2) is 11.9 Å². The SMILES string of the molecule is CC(Br)C(=O)c1cc(N)cc(C(O)C(=O)O)c1. The third kappa shape index (κ3) is 3.28. The molecule has 92 valence electrons. The second-order valence-electron chi connectivity index (χ2n) is 3.61. The van der Waals surface area contributed by atoms with E-state index in [9.17, 15) is 14.7 Å². The van der Waals surface area contributed by atoms with E-state index in [-0.39, 0.29) is 22.6 Å². The smallest absolute Gasteiger partial charge is 0.337 e. The molecule has 0 aromatic heterocycles. The van der Waals surface area contributed by atoms with Gasteiger partial charge in [0, 0.05) is 11.3 Å². The lowest BCUT2D eigenvalue weighted by Crippen LogP contribution is -2.14. The maximum atomic E-state index is 11.7. The van der Waals surface area contributed by atoms with Crippen molar-refractivity contribution in [2.24, 2.45) is 0 Å². The molecule has 2 atom stereocenters. The van der Waals surface area contributed by atoms with Crippen LogP contribution < -0.4 is 5.73 Å². The molecule has 0 radical (unpaired) electrons. The summed E-state index contributed by atoms with van der Waals surface area (Å²) in [5.41, 5.74) is 6.16. The molecule has 0 aliphatic rings. The number of rotatable bonds is 4. The molecule has 0 amide bonds. The van der Waals surface area contributed by atoms with Gasteiger partial charge in [-0.2, -0.15) is 0 Å². The number of nitrogens with two attached hydrogens (primary N) is 1. The summed E-state index contributed by atoms with van der Waals surface area (Å²) in [4.78, 5) is 21.9. The van der Waals surface area contributed by atoms with E-state index < -0.39 is 16.9 Å². The van der Waals surface area contributed by atoms with E-state index in [0.29, 0.717) is 0 Å². The fraction of sp³-hybridized carbons (Fsp3) is 0.273. The summed E-state index contributed by atoms with van der Waals surface area (Å²) in [5, 5.41) is 18.1. The minimum Gasteiger partial charge on any atom is -0.479 e. The van der Waals surface area contributed by atoms with Gasteiger partial charge in [-0.25, -0.2) is 4.79 Å². The van der Waals surface area contributed by atoms with Crippen LogP contribution in [0, 0.1) is 0 Å². The van der Waals surface area contributed by atoms with Crippen LogP contribution in [-0.4, -0.2) is 26.8 Å². The number of carbonyl (C=O) groups is 2. The van der Waals surface area contributed by atoms with Crippen LogP contribution in [0.15, 0.2) is 18.2 Å². The molecule has 6 heteroatoms. The van der Waals surface area contributed by atoms with Gasteiger partial charge in [0.2, 0.25) is 0 Å². The highest BCUT2D eigenvalue weighted by atomic mass is 79.9. The predicted molar refractivity (Wildman–Crippen MR) is 66.2 cm³/mol. The summed E-state index contributed by atoms with van der Waals surface area (Å²) < 4.78 is 0. The Bertz CT molecular complexity index is 459. The Hall–Kier alpha value is -1.40. The Balaban J connectivity index is 3.19. The van der Waals surface area contributed by atoms with Gasteiger partial charge in [-0.3, -0.25) is 4.79 Å². The zero-order valence-corrected chi connectivity index (χ0v) is 10.6. The highest BCUT2D eigenvalue weighted by molar-refractivity contribution is 9.10. The van der Waals surface area contributed by atoms with Crippen LogP contribution in [0.3, 0.4) is 0 Å². The molecule has 5 nitrogen and oxygen atoms in total. The zero-order valence-electron chi connectivity index (χ0n) is 9.05. The molecule has 1 aromatic carbocycles. The summed E-state index contributed by atoms with van der Waals surface area (Å²) in [6.45, 7) is 1.65. The first-order valence-electron chi connectivity index (χ1n) is 4.82. The molecule has 17 heavy (non-hydrogen) atoms. The van der Waals surface area contributed by atoms with Gasteiger partial charge in [0.05, 0.1) is 4.83 Å². The highest BCUT2D eigenvalue weighted by Gasteiger charge is 2.19. The topological polar surface area (TPSA) is 101 Å². The third-order valence-corrected chi connectivity index (χ3v) is 2.59. The molecule has 0 fully saturated rings. The number of carboxylic acid groups (broad SMARTS) is 1. The third-order valence-electron chi connectivity index (χ3n) is 2.17. The number of halogens is 1. The number of anilines is 1. The maximum Gasteiger partial charge on any atom is 0.337 e. The molecule has 0 saturated heterocycles. The highest BCUT2D eigenvalue weighted by Crippen LogP contribution is 2.21. The summed E-state index contributed by atoms with van der Waals surface area (Å²) in [6.07, 6.45) is -1.68. The lowest BCUT2D eigenvalue weighted by molar-refractivity contribution is -0.146. The summed E-state index contributed by atoms with van der Waals surface area (Å²) in [5.74, 6) is -1.61. The molecule has 0 aliphatic carbocycles. The molecule has 0 bridgehead atoms. The van der Waals surface area contributed by atoms with Crippen LogP contribution >= 0.6 is 15.9 Å². The predicted octanol–water partition coefficient (Wildman–Crippen LogP) is 1.35. The van der Waals surface area contributed by atoms with Crippen molar-refractivity contribution in [3.8, 4) is 0 Å². The maximum absolute atomic E-state index is 11.7. The van der Waals surface area contributed by atoms with Crippen LogP contribution in [0.1, 0.15) is 28.9 Å². The van der Waals surface area contributed by atoms with Gasteiger partial charge in [-0.15, -0.1) is 0 Å². The van der Waals surface area contributed by atoms with Gasteiger partial charge >= 0.3 is 5.97 Å². The van der Waals surface area contributed by atoms with E-state index in [0.717, 1.165) is 0 Å². The molecule has 2 unspecified atom stereocenters. The average Bonchev–Trinajstić information content (AvgIpc) is 2.25. The lowest BCUT2D eigenvalue weighted by atomic mass is 10.0. The number of aliphatic carboxylic acids is 1. The van der Waals surface area contributed by atoms with E-state index in [1.165, 1.54) is 18.2 Å². The van der Waals surface area contributed by atoms with Crippen molar-refractivity contribution in [3.05, 3.63) is 29.3 Å². The molecule has 0 saturated carbocycles. The van der Waals surface area contributed by atoms with Gasteiger partial charge in [0.25, 0.3) is 0 Å². The van der Waals surface area contributed by atoms with E-state index >= 15 is 0 Å². The minimum absolute atomic E-state index is 0.0917. The number of alkyl halides is 1. The number of aliphatic hydroxyl groups is 1. The Labute approximate surface area is 106 Å². The first-order valence-corrected chi connectivity index (χ1v) is 5.74. The Morgan fingerprint density at radius 2 is 1.94 bits per heavy atom. The number of carbonyl (C=O) groups excluding carboxylic acids is 1. The second kappa shape index (κ2) is 5.29. The van der Waals surface area contributed by atoms with Crippen LogP contribution in [-0.2, 0) is 4.79 Å². The van der Waals surface area contributed by atoms with Crippen molar-refractivity contribution in [1.82, 2.24) is 0 Å². The van der Waals surface area contributed by atoms with E-state index in [2.05, 4.69) is 15.9 Å². The fourth-order valence-electron chi connectivity index (χ4n) is 1.35. The minimum atomic E-state index is -1.68. The van der Waals surface area contributed by atoms with Crippen molar-refractivity contribution in [2.45, 2.75) is 17.9 Å². The van der Waals surface area contributed by atoms with Gasteiger partial charge in [0.1, 0.15) is 0 Å². The quantitative estimate of drug-likeness (QED) is 0.443. The molecular formula is C11H12BrNO4. The molecule has 1 rings (SSSR count). The standard InChI is InChI=1S/C11H12BrNO4/c1-5(12)9(14)6-2-7(4-8(13)3-6)10(15)11(16)17/h2-5,10,15H,13H2,1H3,(H,16,17). The lowest BCUT2D eigenvalue weighted by Gasteiger charge is -2.10. The van der Waals surface area contributed by atoms with Crippen LogP contribution in [0.5, 0.6) is 0 Å². The number of benzene rings is 1. The number of hydrogen-bond donors (Lipinski definition) is 3. The van der Waals surface area contributed by atoms with E-state index in [1.54, 1.807) is 6.92 Å². The summed E-state index contributed by atoms with van der Waals surface area (Å²) in [6, 6.07) is 4.10. The number of aliphatic hydroxyl groups excluding tert-OH is 1. The first-order chi connectivity index (χ1) is 7.82. The van der Waals surface area contributed by atoms with E-state index in [1.807, 2.05) is 0 Å². The van der Waals surface area contributed by atoms with Crippen LogP contribution in [0.2, 0.25) is 0 Å². The number of hydrogen-bond acceptors (Lipinski definition) is 4. The Morgan fingerprint density at radius 1 is 1.35 bits per heavy atom. The van der Waals surface area contributed by atoms with Crippen molar-refractivity contribution in [3.63, 3.8) is 0 Å². The molecule has 0 spiro atoms. The van der Waals surface area contributed by atoms with Crippen molar-refractivity contribution in [2.75, 3.05) is 5.73 Å². The average molecular weight is 302 g/mol. The van der Waals surface area contributed by atoms with Crippen molar-refractivity contribution < 1.29 is 19.8 Å². The largest absolute Gasteiger partial charge is 0.479 e. The zero-order chi connectivity index (χ0) is 13.2.